The van der Waals surface area contributed by atoms with Gasteiger partial charge in [0.05, 0.1) is 33.8 Å². The Morgan fingerprint density at radius 1 is 1.23 bits per heavy atom. The first-order chi connectivity index (χ1) is 16.4. The normalized spacial score (nSPS) is 22.3. The van der Waals surface area contributed by atoms with Crippen LogP contribution in [0.25, 0.3) is 10.4 Å². The molecule has 3 atom stereocenters. The van der Waals surface area contributed by atoms with Crippen molar-refractivity contribution in [3.8, 4) is 10.4 Å². The second-order valence-corrected chi connectivity index (χ2v) is 12.3. The molecule has 35 heavy (non-hydrogen) atoms. The van der Waals surface area contributed by atoms with Crippen LogP contribution in [-0.4, -0.2) is 57.6 Å². The average Bonchev–Trinajstić information content (AvgIpc) is 3.25. The number of β-amino-alcohol motifs (C(OH)–C–C–N with tert-alkyl or cyclic N) is 1. The molecule has 2 fully saturated rings. The minimum atomic E-state index is -0.702. The molecule has 1 saturated carbocycles. The first kappa shape index (κ1) is 25.8. The molecule has 3 N–H and O–H groups in total. The van der Waals surface area contributed by atoms with Gasteiger partial charge >= 0.3 is 0 Å². The van der Waals surface area contributed by atoms with E-state index in [0.29, 0.717) is 0 Å². The summed E-state index contributed by atoms with van der Waals surface area (Å²) in [4.78, 5) is 34.1. The van der Waals surface area contributed by atoms with Crippen molar-refractivity contribution >= 4 is 23.2 Å². The van der Waals surface area contributed by atoms with E-state index in [1.165, 1.54) is 0 Å². The van der Waals surface area contributed by atoms with Crippen molar-refractivity contribution < 1.29 is 16.1 Å². The fraction of sp³-hybridized carbons (Fsp3) is 0.593. The summed E-state index contributed by atoms with van der Waals surface area (Å²) < 4.78 is 0. The Balaban J connectivity index is 0.00000361. The molecule has 2 heterocycles. The Morgan fingerprint density at radius 2 is 1.89 bits per heavy atom. The number of aliphatic hydroxyl groups excluding tert-OH is 1. The molecule has 7 nitrogen and oxygen atoms in total. The van der Waals surface area contributed by atoms with Crippen LogP contribution in [-0.2, 0) is 15.1 Å². The zero-order chi connectivity index (χ0) is 25.5. The van der Waals surface area contributed by atoms with Gasteiger partial charge in [0.15, 0.2) is 0 Å². The molecule has 8 heteroatoms. The zero-order valence-electron chi connectivity index (χ0n) is 21.6. The summed E-state index contributed by atoms with van der Waals surface area (Å²) in [6.07, 6.45) is 1.28. The van der Waals surface area contributed by atoms with Crippen LogP contribution in [0.15, 0.2) is 29.8 Å². The van der Waals surface area contributed by atoms with Crippen molar-refractivity contribution in [1.82, 2.24) is 20.5 Å². The van der Waals surface area contributed by atoms with Gasteiger partial charge in [0.25, 0.3) is 0 Å². The molecule has 1 saturated heterocycles. The van der Waals surface area contributed by atoms with Gasteiger partial charge in [-0.1, -0.05) is 58.9 Å². The van der Waals surface area contributed by atoms with Gasteiger partial charge in [-0.2, -0.15) is 0 Å². The van der Waals surface area contributed by atoms with Crippen molar-refractivity contribution in [2.45, 2.75) is 90.6 Å². The number of carbonyl (C=O) groups excluding carboxylic acids is 2. The maximum absolute atomic E-state index is 13.6. The Labute approximate surface area is 213 Å². The van der Waals surface area contributed by atoms with Gasteiger partial charge in [-0.15, -0.1) is 11.3 Å². The van der Waals surface area contributed by atoms with Crippen LogP contribution in [0, 0.1) is 12.3 Å². The van der Waals surface area contributed by atoms with E-state index < -0.39 is 23.7 Å². The summed E-state index contributed by atoms with van der Waals surface area (Å²) >= 11 is 1.62. The lowest BCUT2D eigenvalue weighted by molar-refractivity contribution is -0.142. The Kier molecular flexibility index (Phi) is 7.10. The highest BCUT2D eigenvalue weighted by molar-refractivity contribution is 7.13. The van der Waals surface area contributed by atoms with E-state index in [1.807, 2.05) is 47.1 Å². The maximum Gasteiger partial charge on any atom is 0.243 e. The first-order valence-electron chi connectivity index (χ1n) is 12.5. The highest BCUT2D eigenvalue weighted by Gasteiger charge is 2.50. The lowest BCUT2D eigenvalue weighted by atomic mass is 9.85. The second-order valence-electron chi connectivity index (χ2n) is 11.4. The van der Waals surface area contributed by atoms with E-state index in [-0.39, 0.29) is 37.7 Å². The third kappa shape index (κ3) is 5.44. The number of amides is 2. The monoisotopic (exact) mass is 500 g/mol. The van der Waals surface area contributed by atoms with E-state index in [9.17, 15) is 14.7 Å². The van der Waals surface area contributed by atoms with Crippen molar-refractivity contribution in [1.29, 1.82) is 0 Å². The van der Waals surface area contributed by atoms with Gasteiger partial charge in [-0.05, 0) is 36.3 Å². The minimum Gasteiger partial charge on any atom is -0.391 e. The van der Waals surface area contributed by atoms with E-state index in [2.05, 4.69) is 39.9 Å². The predicted octanol–water partition coefficient (Wildman–Crippen LogP) is 3.84. The number of nitrogens with one attached hydrogen (secondary N) is 2. The molecule has 1 aromatic heterocycles. The fourth-order valence-corrected chi connectivity index (χ4v) is 5.76. The Morgan fingerprint density at radius 3 is 2.40 bits per heavy atom. The Bertz CT molecular complexity index is 1080. The molecule has 0 spiro atoms. The van der Waals surface area contributed by atoms with Crippen molar-refractivity contribution in [3.63, 3.8) is 0 Å². The van der Waals surface area contributed by atoms with Crippen LogP contribution in [0.2, 0.25) is 0 Å². The molecule has 2 amide bonds. The summed E-state index contributed by atoms with van der Waals surface area (Å²) in [5.74, 6) is -0.316. The van der Waals surface area contributed by atoms with Crippen molar-refractivity contribution in [2.75, 3.05) is 6.54 Å². The average molecular weight is 501 g/mol. The molecular weight excluding hydrogens is 460 g/mol. The largest absolute Gasteiger partial charge is 0.391 e. The van der Waals surface area contributed by atoms with Crippen LogP contribution in [0.5, 0.6) is 0 Å². The number of likely N-dealkylation sites (tertiary alicyclic amines) is 1. The van der Waals surface area contributed by atoms with Crippen molar-refractivity contribution in [2.24, 2.45) is 5.41 Å². The number of nitrogens with zero attached hydrogens (tertiary/aromatic N) is 2. The number of carbonyl (C=O) groups is 2. The number of aliphatic hydroxyl groups is 1. The van der Waals surface area contributed by atoms with Crippen LogP contribution >= 0.6 is 11.3 Å². The lowest BCUT2D eigenvalue weighted by Gasteiger charge is -2.37. The van der Waals surface area contributed by atoms with Crippen molar-refractivity contribution in [3.05, 3.63) is 41.0 Å². The smallest absolute Gasteiger partial charge is 0.243 e. The van der Waals surface area contributed by atoms with Crippen LogP contribution in [0.3, 0.4) is 0 Å². The summed E-state index contributed by atoms with van der Waals surface area (Å²) in [5.41, 5.74) is 4.33. The number of aromatic nitrogens is 1. The van der Waals surface area contributed by atoms with E-state index in [1.54, 1.807) is 16.2 Å². The third-order valence-corrected chi connectivity index (χ3v) is 8.01. The molecular formula is C27H40N4O3S. The standard InChI is InChI=1S/C27H38N4O3S.H2/c1-16(2)29-23(26(4,5)6)25(34)31-14-20(32)13-21(31)24(33)30-27(11-12-27)19-9-7-18(8-10-19)22-17(3)28-15-35-22;/h7-10,15-16,20-21,23,29,32H,11-14H2,1-6H3,(H,30,33);1H/t20-,21+,23-;/m1./s1. The minimum absolute atomic E-state index is 0. The van der Waals surface area contributed by atoms with Gasteiger partial charge in [0.2, 0.25) is 11.8 Å². The molecule has 1 aliphatic carbocycles. The summed E-state index contributed by atoms with van der Waals surface area (Å²) in [6.45, 7) is 12.3. The maximum atomic E-state index is 13.6. The molecule has 2 aromatic rings. The Hall–Kier alpha value is -2.29. The second kappa shape index (κ2) is 9.64. The molecule has 1 aliphatic heterocycles. The topological polar surface area (TPSA) is 94.6 Å². The molecule has 2 aliphatic rings. The summed E-state index contributed by atoms with van der Waals surface area (Å²) in [5, 5.41) is 17.0. The molecule has 1 aromatic carbocycles. The van der Waals surface area contributed by atoms with Gasteiger partial charge in [0, 0.05) is 20.4 Å². The molecule has 192 valence electrons. The van der Waals surface area contributed by atoms with Gasteiger partial charge in [0.1, 0.15) is 6.04 Å². The first-order valence-corrected chi connectivity index (χ1v) is 13.4. The third-order valence-electron chi connectivity index (χ3n) is 7.04. The van der Waals surface area contributed by atoms with E-state index in [0.717, 1.165) is 34.5 Å². The molecule has 0 unspecified atom stereocenters. The van der Waals surface area contributed by atoms with Crippen LogP contribution in [0.4, 0.5) is 0 Å². The van der Waals surface area contributed by atoms with Gasteiger partial charge in [-0.25, -0.2) is 4.98 Å². The zero-order valence-corrected chi connectivity index (χ0v) is 22.4. The van der Waals surface area contributed by atoms with E-state index in [4.69, 9.17) is 0 Å². The molecule has 0 radical (unpaired) electrons. The highest BCUT2D eigenvalue weighted by Crippen LogP contribution is 2.46. The predicted molar refractivity (Wildman–Crippen MR) is 141 cm³/mol. The van der Waals surface area contributed by atoms with E-state index >= 15 is 0 Å². The quantitative estimate of drug-likeness (QED) is 0.537. The van der Waals surface area contributed by atoms with Crippen LogP contribution in [0.1, 0.15) is 66.6 Å². The number of hydrogen-bond acceptors (Lipinski definition) is 6. The molecule has 4 rings (SSSR count). The number of benzene rings is 1. The highest BCUT2D eigenvalue weighted by atomic mass is 32.1. The number of thiazole rings is 1. The van der Waals surface area contributed by atoms with Gasteiger partial charge < -0.3 is 20.6 Å². The summed E-state index contributed by atoms with van der Waals surface area (Å²) in [6, 6.07) is 7.33. The molecule has 0 bridgehead atoms. The van der Waals surface area contributed by atoms with Crippen LogP contribution < -0.4 is 10.6 Å². The fourth-order valence-electron chi connectivity index (χ4n) is 4.95. The van der Waals surface area contributed by atoms with Gasteiger partial charge in [-0.3, -0.25) is 9.59 Å². The number of aryl methyl sites for hydroxylation is 1. The SMILES string of the molecule is Cc1ncsc1-c1ccc(C2(NC(=O)[C@@H]3C[C@@H](O)CN3C(=O)[C@@H](NC(C)C)C(C)(C)C)CC2)cc1.[HH]. The lowest BCUT2D eigenvalue weighted by Crippen LogP contribution is -2.58. The summed E-state index contributed by atoms with van der Waals surface area (Å²) in [7, 11) is 0. The number of hydrogen-bond donors (Lipinski definition) is 3. The number of rotatable bonds is 7.